The molecule has 2 amide bonds. The molecule has 0 aliphatic rings. The molecule has 1 heterocycles. The number of carbonyl (C=O) groups excluding carboxylic acids is 1. The minimum absolute atomic E-state index is 0.0777. The highest BCUT2D eigenvalue weighted by Gasteiger charge is 2.29. The Labute approximate surface area is 140 Å². The fourth-order valence-electron chi connectivity index (χ4n) is 1.99. The Morgan fingerprint density at radius 1 is 1.32 bits per heavy atom. The summed E-state index contributed by atoms with van der Waals surface area (Å²) in [4.78, 5) is 12.0. The van der Waals surface area contributed by atoms with Crippen LogP contribution in [0.4, 0.5) is 33.9 Å². The second-order valence-corrected chi connectivity index (χ2v) is 5.48. The summed E-state index contributed by atoms with van der Waals surface area (Å²) in [5.41, 5.74) is 0.510. The van der Waals surface area contributed by atoms with Gasteiger partial charge in [0.15, 0.2) is 6.61 Å². The lowest BCUT2D eigenvalue weighted by molar-refractivity contribution is -0.153. The predicted octanol–water partition coefficient (Wildman–Crippen LogP) is 4.26. The summed E-state index contributed by atoms with van der Waals surface area (Å²) >= 11 is 0. The SMILES string of the molecule is CC(C)c1cn[nH]c1NC(=O)Nc1cc(F)ccc1OCC(F)(F)F. The van der Waals surface area contributed by atoms with E-state index in [2.05, 4.69) is 25.6 Å². The number of urea groups is 1. The second-order valence-electron chi connectivity index (χ2n) is 5.48. The lowest BCUT2D eigenvalue weighted by atomic mass is 10.1. The first-order valence-corrected chi connectivity index (χ1v) is 7.26. The highest BCUT2D eigenvalue weighted by molar-refractivity contribution is 6.00. The third-order valence-corrected chi connectivity index (χ3v) is 3.11. The number of nitrogens with one attached hydrogen (secondary N) is 3. The van der Waals surface area contributed by atoms with Gasteiger partial charge in [0.05, 0.1) is 11.9 Å². The number of rotatable bonds is 5. The van der Waals surface area contributed by atoms with E-state index in [9.17, 15) is 22.4 Å². The van der Waals surface area contributed by atoms with Crippen LogP contribution in [0.5, 0.6) is 5.75 Å². The van der Waals surface area contributed by atoms with Gasteiger partial charge in [0.1, 0.15) is 17.4 Å². The number of hydrogen-bond acceptors (Lipinski definition) is 3. The van der Waals surface area contributed by atoms with Crippen LogP contribution in [0.3, 0.4) is 0 Å². The number of anilines is 2. The van der Waals surface area contributed by atoms with Crippen molar-refractivity contribution in [3.63, 3.8) is 0 Å². The van der Waals surface area contributed by atoms with E-state index in [4.69, 9.17) is 0 Å². The molecule has 2 rings (SSSR count). The Balaban J connectivity index is 2.11. The van der Waals surface area contributed by atoms with Crippen LogP contribution in [-0.2, 0) is 0 Å². The Hall–Kier alpha value is -2.78. The molecule has 0 unspecified atom stereocenters. The third-order valence-electron chi connectivity index (χ3n) is 3.11. The molecule has 2 aromatic rings. The van der Waals surface area contributed by atoms with Crippen LogP contribution < -0.4 is 15.4 Å². The standard InChI is InChI=1S/C15H16F4N4O2/c1-8(2)10-6-20-23-13(10)22-14(24)21-11-5-9(16)3-4-12(11)25-7-15(17,18)19/h3-6,8H,7H2,1-2H3,(H3,20,21,22,23,24). The van der Waals surface area contributed by atoms with Crippen molar-refractivity contribution in [2.24, 2.45) is 0 Å². The largest absolute Gasteiger partial charge is 0.482 e. The zero-order chi connectivity index (χ0) is 18.6. The molecule has 25 heavy (non-hydrogen) atoms. The number of aromatic nitrogens is 2. The lowest BCUT2D eigenvalue weighted by Crippen LogP contribution is -2.23. The van der Waals surface area contributed by atoms with Crippen LogP contribution in [0.25, 0.3) is 0 Å². The number of carbonyl (C=O) groups is 1. The maximum absolute atomic E-state index is 13.4. The number of nitrogens with zero attached hydrogens (tertiary/aromatic N) is 1. The van der Waals surface area contributed by atoms with Gasteiger partial charge in [-0.25, -0.2) is 9.18 Å². The van der Waals surface area contributed by atoms with E-state index in [1.807, 2.05) is 13.8 Å². The van der Waals surface area contributed by atoms with Gasteiger partial charge in [-0.2, -0.15) is 18.3 Å². The zero-order valence-electron chi connectivity index (χ0n) is 13.4. The van der Waals surface area contributed by atoms with Crippen molar-refractivity contribution in [3.8, 4) is 5.75 Å². The second kappa shape index (κ2) is 7.41. The van der Waals surface area contributed by atoms with Crippen LogP contribution in [0.2, 0.25) is 0 Å². The highest BCUT2D eigenvalue weighted by Crippen LogP contribution is 2.28. The van der Waals surface area contributed by atoms with Gasteiger partial charge in [0.2, 0.25) is 0 Å². The number of halogens is 4. The number of H-pyrrole nitrogens is 1. The number of hydrogen-bond donors (Lipinski definition) is 3. The summed E-state index contributed by atoms with van der Waals surface area (Å²) in [6, 6.07) is 2.02. The van der Waals surface area contributed by atoms with Crippen LogP contribution in [-0.4, -0.2) is 29.0 Å². The molecule has 0 saturated heterocycles. The predicted molar refractivity (Wildman–Crippen MR) is 83.3 cm³/mol. The van der Waals surface area contributed by atoms with Crippen molar-refractivity contribution >= 4 is 17.5 Å². The average Bonchev–Trinajstić information content (AvgIpc) is 2.93. The van der Waals surface area contributed by atoms with Crippen molar-refractivity contribution in [1.29, 1.82) is 0 Å². The molecule has 0 fully saturated rings. The van der Waals surface area contributed by atoms with E-state index in [1.54, 1.807) is 6.20 Å². The van der Waals surface area contributed by atoms with Crippen LogP contribution in [0, 0.1) is 5.82 Å². The Kier molecular flexibility index (Phi) is 5.50. The van der Waals surface area contributed by atoms with E-state index < -0.39 is 24.6 Å². The van der Waals surface area contributed by atoms with Crippen LogP contribution in [0.1, 0.15) is 25.3 Å². The molecule has 0 atom stereocenters. The van der Waals surface area contributed by atoms with Crippen LogP contribution in [0.15, 0.2) is 24.4 Å². The van der Waals surface area contributed by atoms with Gasteiger partial charge in [-0.3, -0.25) is 10.4 Å². The fraction of sp³-hybridized carbons (Fsp3) is 0.333. The maximum atomic E-state index is 13.4. The molecule has 0 aliphatic carbocycles. The summed E-state index contributed by atoms with van der Waals surface area (Å²) < 4.78 is 54.8. The van der Waals surface area contributed by atoms with Crippen molar-refractivity contribution in [1.82, 2.24) is 10.2 Å². The molecule has 136 valence electrons. The van der Waals surface area contributed by atoms with Crippen LogP contribution >= 0.6 is 0 Å². The highest BCUT2D eigenvalue weighted by atomic mass is 19.4. The molecule has 0 bridgehead atoms. The minimum Gasteiger partial charge on any atom is -0.482 e. The molecule has 0 saturated carbocycles. The number of amides is 2. The average molecular weight is 360 g/mol. The number of aromatic amines is 1. The molecule has 1 aromatic heterocycles. The first-order chi connectivity index (χ1) is 11.7. The quantitative estimate of drug-likeness (QED) is 0.697. The number of benzene rings is 1. The molecular formula is C15H16F4N4O2. The molecule has 0 radical (unpaired) electrons. The van der Waals surface area contributed by atoms with Gasteiger partial charge < -0.3 is 10.1 Å². The Bertz CT molecular complexity index is 743. The first kappa shape index (κ1) is 18.6. The fourth-order valence-corrected chi connectivity index (χ4v) is 1.99. The summed E-state index contributed by atoms with van der Waals surface area (Å²) in [6.45, 7) is 2.22. The molecular weight excluding hydrogens is 344 g/mol. The number of ether oxygens (including phenoxy) is 1. The van der Waals surface area contributed by atoms with Crippen molar-refractivity contribution in [2.75, 3.05) is 17.2 Å². The van der Waals surface area contributed by atoms with E-state index in [-0.39, 0.29) is 17.4 Å². The topological polar surface area (TPSA) is 79.0 Å². The Morgan fingerprint density at radius 2 is 2.04 bits per heavy atom. The van der Waals surface area contributed by atoms with Gasteiger partial charge in [-0.05, 0) is 18.1 Å². The zero-order valence-corrected chi connectivity index (χ0v) is 13.4. The summed E-state index contributed by atoms with van der Waals surface area (Å²) in [6.07, 6.45) is -3.02. The van der Waals surface area contributed by atoms with Gasteiger partial charge in [-0.1, -0.05) is 13.8 Å². The molecule has 10 heteroatoms. The van der Waals surface area contributed by atoms with Crippen molar-refractivity contribution in [3.05, 3.63) is 35.8 Å². The molecule has 6 nitrogen and oxygen atoms in total. The van der Waals surface area contributed by atoms with Crippen molar-refractivity contribution in [2.45, 2.75) is 25.9 Å². The third kappa shape index (κ3) is 5.37. The molecule has 0 aliphatic heterocycles. The molecule has 0 spiro atoms. The summed E-state index contributed by atoms with van der Waals surface area (Å²) in [7, 11) is 0. The summed E-state index contributed by atoms with van der Waals surface area (Å²) in [5.74, 6) is -0.628. The van der Waals surface area contributed by atoms with E-state index in [0.717, 1.165) is 23.8 Å². The lowest BCUT2D eigenvalue weighted by Gasteiger charge is -2.14. The van der Waals surface area contributed by atoms with Gasteiger partial charge >= 0.3 is 12.2 Å². The van der Waals surface area contributed by atoms with Gasteiger partial charge in [0, 0.05) is 11.6 Å². The van der Waals surface area contributed by atoms with Gasteiger partial charge in [0.25, 0.3) is 0 Å². The van der Waals surface area contributed by atoms with Gasteiger partial charge in [-0.15, -0.1) is 0 Å². The Morgan fingerprint density at radius 3 is 2.68 bits per heavy atom. The van der Waals surface area contributed by atoms with E-state index in [1.165, 1.54) is 0 Å². The number of alkyl halides is 3. The summed E-state index contributed by atoms with van der Waals surface area (Å²) in [5, 5.41) is 11.1. The minimum atomic E-state index is -4.56. The molecule has 3 N–H and O–H groups in total. The molecule has 1 aromatic carbocycles. The normalized spacial score (nSPS) is 11.5. The van der Waals surface area contributed by atoms with E-state index in [0.29, 0.717) is 5.82 Å². The monoisotopic (exact) mass is 360 g/mol. The van der Waals surface area contributed by atoms with Crippen molar-refractivity contribution < 1.29 is 27.1 Å². The smallest absolute Gasteiger partial charge is 0.422 e. The first-order valence-electron chi connectivity index (χ1n) is 7.26. The maximum Gasteiger partial charge on any atom is 0.422 e. The van der Waals surface area contributed by atoms with E-state index >= 15 is 0 Å².